The standard InChI is InChI=1S/C27H30Cl2N4O2/c1-33(2)14-15-3-7-18(8-4-15)31-24-19(26(34)16-5-6-16)13-30-23-10-9-22(32-25(23)24)17-11-20(28)27(35)21(29)12-17/h9-13,15-16,18,35H,3-8,14H2,1-2H3,(H,30,31)/t15-,18-. The Balaban J connectivity index is 1.52. The lowest BCUT2D eigenvalue weighted by Crippen LogP contribution is -2.31. The lowest BCUT2D eigenvalue weighted by molar-refractivity contribution is 0.0968. The van der Waals surface area contributed by atoms with Crippen LogP contribution in [-0.4, -0.2) is 52.4 Å². The molecule has 35 heavy (non-hydrogen) atoms. The van der Waals surface area contributed by atoms with Crippen LogP contribution in [0.15, 0.2) is 30.5 Å². The topological polar surface area (TPSA) is 78.4 Å². The maximum absolute atomic E-state index is 13.2. The third-order valence-electron chi connectivity index (χ3n) is 7.06. The van der Waals surface area contributed by atoms with E-state index in [1.807, 2.05) is 12.1 Å². The minimum Gasteiger partial charge on any atom is -0.505 e. The number of rotatable bonds is 7. The minimum atomic E-state index is -0.149. The molecule has 8 heteroatoms. The number of carbonyl (C=O) groups is 1. The van der Waals surface area contributed by atoms with Gasteiger partial charge in [-0.05, 0) is 82.8 Å². The largest absolute Gasteiger partial charge is 0.505 e. The molecular formula is C27H30Cl2N4O2. The van der Waals surface area contributed by atoms with Crippen LogP contribution in [0.4, 0.5) is 5.69 Å². The predicted molar refractivity (Wildman–Crippen MR) is 142 cm³/mol. The number of ketones is 1. The van der Waals surface area contributed by atoms with Crippen LogP contribution in [0.5, 0.6) is 5.75 Å². The van der Waals surface area contributed by atoms with Crippen LogP contribution in [0.2, 0.25) is 10.0 Å². The minimum absolute atomic E-state index is 0.0866. The van der Waals surface area contributed by atoms with Gasteiger partial charge in [0, 0.05) is 30.3 Å². The number of fused-ring (bicyclic) bond motifs is 1. The van der Waals surface area contributed by atoms with E-state index in [2.05, 4.69) is 29.3 Å². The van der Waals surface area contributed by atoms with E-state index in [4.69, 9.17) is 28.2 Å². The second kappa shape index (κ2) is 9.92. The van der Waals surface area contributed by atoms with Gasteiger partial charge in [-0.3, -0.25) is 9.78 Å². The lowest BCUT2D eigenvalue weighted by Gasteiger charge is -2.31. The lowest BCUT2D eigenvalue weighted by atomic mass is 9.85. The van der Waals surface area contributed by atoms with Crippen LogP contribution >= 0.6 is 23.2 Å². The Morgan fingerprint density at radius 1 is 1.09 bits per heavy atom. The number of nitrogens with one attached hydrogen (secondary N) is 1. The SMILES string of the molecule is CN(C)C[C@H]1CC[C@H](Nc2c(C(=O)C3CC3)cnc3ccc(-c4cc(Cl)c(O)c(Cl)c4)nc23)CC1. The fourth-order valence-corrected chi connectivity index (χ4v) is 5.54. The van der Waals surface area contributed by atoms with Gasteiger partial charge in [-0.25, -0.2) is 4.98 Å². The summed E-state index contributed by atoms with van der Waals surface area (Å²) in [5.41, 5.74) is 4.14. The summed E-state index contributed by atoms with van der Waals surface area (Å²) in [5.74, 6) is 0.789. The van der Waals surface area contributed by atoms with Crippen molar-refractivity contribution in [1.29, 1.82) is 0 Å². The fourth-order valence-electron chi connectivity index (χ4n) is 5.05. The zero-order valence-electron chi connectivity index (χ0n) is 20.0. The van der Waals surface area contributed by atoms with Crippen molar-refractivity contribution in [2.75, 3.05) is 26.0 Å². The van der Waals surface area contributed by atoms with Crippen molar-refractivity contribution in [3.05, 3.63) is 46.1 Å². The van der Waals surface area contributed by atoms with Crippen molar-refractivity contribution in [3.63, 3.8) is 0 Å². The normalized spacial score (nSPS) is 20.4. The molecule has 0 saturated heterocycles. The van der Waals surface area contributed by atoms with Crippen LogP contribution in [-0.2, 0) is 0 Å². The first kappa shape index (κ1) is 24.3. The van der Waals surface area contributed by atoms with E-state index >= 15 is 0 Å². The molecule has 2 saturated carbocycles. The third kappa shape index (κ3) is 5.25. The quantitative estimate of drug-likeness (QED) is 0.355. The van der Waals surface area contributed by atoms with E-state index in [9.17, 15) is 9.90 Å². The summed E-state index contributed by atoms with van der Waals surface area (Å²) in [4.78, 5) is 24.9. The van der Waals surface area contributed by atoms with E-state index in [1.165, 1.54) is 0 Å². The van der Waals surface area contributed by atoms with E-state index in [0.717, 1.165) is 56.3 Å². The molecule has 0 spiro atoms. The maximum Gasteiger partial charge on any atom is 0.169 e. The first-order valence-electron chi connectivity index (χ1n) is 12.2. The number of carbonyl (C=O) groups excluding carboxylic acids is 1. The van der Waals surface area contributed by atoms with Gasteiger partial charge >= 0.3 is 0 Å². The van der Waals surface area contributed by atoms with Crippen LogP contribution in [0.25, 0.3) is 22.3 Å². The number of aromatic hydroxyl groups is 1. The maximum atomic E-state index is 13.2. The first-order valence-corrected chi connectivity index (χ1v) is 13.0. The Morgan fingerprint density at radius 3 is 2.40 bits per heavy atom. The number of benzene rings is 1. The average molecular weight is 513 g/mol. The molecule has 6 nitrogen and oxygen atoms in total. The van der Waals surface area contributed by atoms with Gasteiger partial charge in [-0.2, -0.15) is 0 Å². The van der Waals surface area contributed by atoms with Gasteiger partial charge in [0.25, 0.3) is 0 Å². The molecule has 2 N–H and O–H groups in total. The summed E-state index contributed by atoms with van der Waals surface area (Å²) in [5, 5.41) is 14.0. The monoisotopic (exact) mass is 512 g/mol. The zero-order chi connectivity index (χ0) is 24.7. The van der Waals surface area contributed by atoms with Crippen LogP contribution in [0.3, 0.4) is 0 Å². The predicted octanol–water partition coefficient (Wildman–Crippen LogP) is 6.43. The van der Waals surface area contributed by atoms with Gasteiger partial charge in [-0.1, -0.05) is 23.2 Å². The molecule has 0 aliphatic heterocycles. The Kier molecular flexibility index (Phi) is 6.88. The van der Waals surface area contributed by atoms with Crippen LogP contribution in [0, 0.1) is 11.8 Å². The number of Topliss-reactive ketones (excluding diaryl/α,β-unsaturated/α-hetero) is 1. The second-order valence-corrected chi connectivity index (χ2v) is 11.0. The molecule has 0 radical (unpaired) electrons. The Labute approximate surface area is 215 Å². The van der Waals surface area contributed by atoms with Crippen molar-refractivity contribution in [3.8, 4) is 17.0 Å². The number of phenols is 1. The molecule has 184 valence electrons. The number of halogens is 2. The Morgan fingerprint density at radius 2 is 1.77 bits per heavy atom. The molecule has 2 aliphatic rings. The van der Waals surface area contributed by atoms with Gasteiger partial charge in [0.2, 0.25) is 0 Å². The van der Waals surface area contributed by atoms with Crippen molar-refractivity contribution in [2.24, 2.45) is 11.8 Å². The van der Waals surface area contributed by atoms with Crippen molar-refractivity contribution in [2.45, 2.75) is 44.6 Å². The summed E-state index contributed by atoms with van der Waals surface area (Å²) in [7, 11) is 4.25. The fraction of sp³-hybridized carbons (Fsp3) is 0.444. The summed E-state index contributed by atoms with van der Waals surface area (Å²) in [6, 6.07) is 7.32. The highest BCUT2D eigenvalue weighted by Crippen LogP contribution is 2.39. The molecule has 2 aromatic heterocycles. The average Bonchev–Trinajstić information content (AvgIpc) is 3.68. The number of hydrogen-bond donors (Lipinski definition) is 2. The molecule has 5 rings (SSSR count). The van der Waals surface area contributed by atoms with E-state index in [-0.39, 0.29) is 33.5 Å². The number of hydrogen-bond acceptors (Lipinski definition) is 6. The van der Waals surface area contributed by atoms with Gasteiger partial charge in [0.05, 0.1) is 32.5 Å². The molecule has 0 bridgehead atoms. The number of pyridine rings is 2. The number of anilines is 1. The van der Waals surface area contributed by atoms with E-state index < -0.39 is 0 Å². The number of aromatic nitrogens is 2. The molecule has 3 aromatic rings. The smallest absolute Gasteiger partial charge is 0.169 e. The highest BCUT2D eigenvalue weighted by atomic mass is 35.5. The Hall–Kier alpha value is -2.41. The summed E-state index contributed by atoms with van der Waals surface area (Å²) in [6.45, 7) is 1.11. The second-order valence-electron chi connectivity index (χ2n) is 10.2. The summed E-state index contributed by atoms with van der Waals surface area (Å²) in [6.07, 6.45) is 8.01. The van der Waals surface area contributed by atoms with Gasteiger partial charge in [0.1, 0.15) is 5.52 Å². The molecular weight excluding hydrogens is 483 g/mol. The van der Waals surface area contributed by atoms with Gasteiger partial charge in [-0.15, -0.1) is 0 Å². The van der Waals surface area contributed by atoms with Gasteiger partial charge < -0.3 is 15.3 Å². The molecule has 2 fully saturated rings. The molecule has 1 aromatic carbocycles. The molecule has 0 amide bonds. The molecule has 2 aliphatic carbocycles. The highest BCUT2D eigenvalue weighted by Gasteiger charge is 2.33. The first-order chi connectivity index (χ1) is 16.8. The van der Waals surface area contributed by atoms with Crippen molar-refractivity contribution in [1.82, 2.24) is 14.9 Å². The molecule has 0 atom stereocenters. The van der Waals surface area contributed by atoms with E-state index in [1.54, 1.807) is 18.3 Å². The van der Waals surface area contributed by atoms with Gasteiger partial charge in [0.15, 0.2) is 11.5 Å². The molecule has 0 unspecified atom stereocenters. The summed E-state index contributed by atoms with van der Waals surface area (Å²) < 4.78 is 0. The van der Waals surface area contributed by atoms with Crippen molar-refractivity contribution >= 4 is 45.7 Å². The molecule has 2 heterocycles. The van der Waals surface area contributed by atoms with Crippen LogP contribution in [0.1, 0.15) is 48.9 Å². The highest BCUT2D eigenvalue weighted by molar-refractivity contribution is 6.37. The summed E-state index contributed by atoms with van der Waals surface area (Å²) >= 11 is 12.3. The number of phenolic OH excluding ortho intramolecular Hbond substituents is 1. The third-order valence-corrected chi connectivity index (χ3v) is 7.63. The zero-order valence-corrected chi connectivity index (χ0v) is 21.5. The van der Waals surface area contributed by atoms with Crippen LogP contribution < -0.4 is 5.32 Å². The van der Waals surface area contributed by atoms with E-state index in [0.29, 0.717) is 28.3 Å². The number of nitrogens with zero attached hydrogens (tertiary/aromatic N) is 3. The van der Waals surface area contributed by atoms with Crippen molar-refractivity contribution < 1.29 is 9.90 Å². The Bertz CT molecular complexity index is 1240.